The van der Waals surface area contributed by atoms with Crippen LogP contribution in [0.5, 0.6) is 0 Å². The van der Waals surface area contributed by atoms with Crippen LogP contribution in [0.4, 0.5) is 10.1 Å². The molecule has 1 atom stereocenters. The van der Waals surface area contributed by atoms with E-state index in [2.05, 4.69) is 5.32 Å². The van der Waals surface area contributed by atoms with Crippen LogP contribution in [0.15, 0.2) is 48.5 Å². The van der Waals surface area contributed by atoms with E-state index in [1.54, 1.807) is 18.2 Å². The van der Waals surface area contributed by atoms with Gasteiger partial charge in [-0.25, -0.2) is 12.8 Å². The molecule has 1 saturated heterocycles. The zero-order valence-corrected chi connectivity index (χ0v) is 15.9. The minimum atomic E-state index is -3.74. The van der Waals surface area contributed by atoms with E-state index in [1.807, 2.05) is 0 Å². The highest BCUT2D eigenvalue weighted by Gasteiger charge is 2.33. The largest absolute Gasteiger partial charge is 0.313 e. The van der Waals surface area contributed by atoms with Crippen molar-refractivity contribution < 1.29 is 17.7 Å². The maximum absolute atomic E-state index is 13.6. The molecule has 0 bridgehead atoms. The summed E-state index contributed by atoms with van der Waals surface area (Å²) in [6, 6.07) is 10.9. The number of hydrogen-bond acceptors (Lipinski definition) is 5. The van der Waals surface area contributed by atoms with Gasteiger partial charge >= 0.3 is 0 Å². The molecule has 3 rings (SSSR count). The SMILES string of the molecule is Cl.O=[N+]([O-])c1cccc(CS(=O)(=O)N2CCNCC2c2cccc(F)c2)c1. The van der Waals surface area contributed by atoms with Gasteiger partial charge in [0.2, 0.25) is 10.0 Å². The maximum Gasteiger partial charge on any atom is 0.269 e. The zero-order valence-electron chi connectivity index (χ0n) is 14.2. The lowest BCUT2D eigenvalue weighted by molar-refractivity contribution is -0.384. The summed E-state index contributed by atoms with van der Waals surface area (Å²) >= 11 is 0. The molecule has 0 aliphatic carbocycles. The van der Waals surface area contributed by atoms with Crippen LogP contribution in [-0.4, -0.2) is 37.3 Å². The molecule has 27 heavy (non-hydrogen) atoms. The number of rotatable bonds is 5. The number of nitrogens with one attached hydrogen (secondary N) is 1. The number of non-ortho nitro benzene ring substituents is 1. The standard InChI is InChI=1S/C17H18FN3O4S.ClH/c18-15-5-2-4-14(10-15)17-11-19-7-8-20(17)26(24,25)12-13-3-1-6-16(9-13)21(22)23;/h1-6,9-10,17,19H,7-8,11-12H2;1H. The first-order chi connectivity index (χ1) is 12.4. The van der Waals surface area contributed by atoms with Crippen LogP contribution in [0, 0.1) is 15.9 Å². The van der Waals surface area contributed by atoms with Crippen LogP contribution in [0.3, 0.4) is 0 Å². The molecule has 1 aliphatic heterocycles. The molecule has 1 heterocycles. The molecular formula is C17H19ClFN3O4S. The average molecular weight is 416 g/mol. The number of nitrogens with zero attached hydrogens (tertiary/aromatic N) is 2. The molecule has 1 unspecified atom stereocenters. The van der Waals surface area contributed by atoms with Gasteiger partial charge in [-0.1, -0.05) is 24.3 Å². The fraction of sp³-hybridized carbons (Fsp3) is 0.294. The van der Waals surface area contributed by atoms with Crippen molar-refractivity contribution in [1.82, 2.24) is 9.62 Å². The van der Waals surface area contributed by atoms with Gasteiger partial charge in [0.15, 0.2) is 0 Å². The van der Waals surface area contributed by atoms with Crippen LogP contribution in [-0.2, 0) is 15.8 Å². The Morgan fingerprint density at radius 2 is 1.96 bits per heavy atom. The Hall–Kier alpha value is -2.07. The summed E-state index contributed by atoms with van der Waals surface area (Å²) in [5, 5.41) is 14.0. The highest BCUT2D eigenvalue weighted by molar-refractivity contribution is 7.88. The summed E-state index contributed by atoms with van der Waals surface area (Å²) < 4.78 is 40.8. The molecule has 2 aromatic rings. The summed E-state index contributed by atoms with van der Waals surface area (Å²) in [6.07, 6.45) is 0. The highest BCUT2D eigenvalue weighted by atomic mass is 35.5. The quantitative estimate of drug-likeness (QED) is 0.598. The smallest absolute Gasteiger partial charge is 0.269 e. The van der Waals surface area contributed by atoms with Gasteiger partial charge in [0.1, 0.15) is 5.82 Å². The molecule has 10 heteroatoms. The number of nitro groups is 1. The lowest BCUT2D eigenvalue weighted by Crippen LogP contribution is -2.48. The van der Waals surface area contributed by atoms with Gasteiger partial charge < -0.3 is 5.32 Å². The second-order valence-electron chi connectivity index (χ2n) is 6.07. The number of hydrogen-bond donors (Lipinski definition) is 1. The van der Waals surface area contributed by atoms with Crippen molar-refractivity contribution >= 4 is 28.1 Å². The lowest BCUT2D eigenvalue weighted by atomic mass is 10.1. The third-order valence-electron chi connectivity index (χ3n) is 4.26. The predicted molar refractivity (Wildman–Crippen MR) is 102 cm³/mol. The Morgan fingerprint density at radius 1 is 1.22 bits per heavy atom. The normalized spacial score (nSPS) is 17.9. The van der Waals surface area contributed by atoms with E-state index in [0.29, 0.717) is 24.2 Å². The minimum absolute atomic E-state index is 0. The fourth-order valence-electron chi connectivity index (χ4n) is 3.07. The van der Waals surface area contributed by atoms with Gasteiger partial charge in [-0.2, -0.15) is 4.31 Å². The Bertz CT molecular complexity index is 926. The van der Waals surface area contributed by atoms with E-state index in [0.717, 1.165) is 0 Å². The Morgan fingerprint density at radius 3 is 2.67 bits per heavy atom. The molecular weight excluding hydrogens is 397 g/mol. The first-order valence-corrected chi connectivity index (χ1v) is 9.67. The van der Waals surface area contributed by atoms with Gasteiger partial charge in [0, 0.05) is 31.8 Å². The number of benzene rings is 2. The van der Waals surface area contributed by atoms with Crippen molar-refractivity contribution in [2.75, 3.05) is 19.6 Å². The average Bonchev–Trinajstić information content (AvgIpc) is 2.61. The molecule has 1 aliphatic rings. The van der Waals surface area contributed by atoms with Crippen molar-refractivity contribution in [3.05, 3.63) is 75.6 Å². The van der Waals surface area contributed by atoms with Gasteiger partial charge in [0.25, 0.3) is 5.69 Å². The molecule has 1 N–H and O–H groups in total. The molecule has 7 nitrogen and oxygen atoms in total. The Balaban J connectivity index is 0.00000261. The van der Waals surface area contributed by atoms with Gasteiger partial charge in [-0.3, -0.25) is 10.1 Å². The molecule has 1 fully saturated rings. The van der Waals surface area contributed by atoms with Crippen LogP contribution in [0.2, 0.25) is 0 Å². The summed E-state index contributed by atoms with van der Waals surface area (Å²) in [7, 11) is -3.74. The van der Waals surface area contributed by atoms with Crippen molar-refractivity contribution in [2.45, 2.75) is 11.8 Å². The predicted octanol–water partition coefficient (Wildman–Crippen LogP) is 2.63. The van der Waals surface area contributed by atoms with Crippen LogP contribution >= 0.6 is 12.4 Å². The van der Waals surface area contributed by atoms with Crippen molar-refractivity contribution in [2.24, 2.45) is 0 Å². The fourth-order valence-corrected chi connectivity index (χ4v) is 4.79. The van der Waals surface area contributed by atoms with E-state index in [4.69, 9.17) is 0 Å². The van der Waals surface area contributed by atoms with Crippen LogP contribution in [0.1, 0.15) is 17.2 Å². The van der Waals surface area contributed by atoms with E-state index in [-0.39, 0.29) is 30.4 Å². The summed E-state index contributed by atoms with van der Waals surface area (Å²) in [6.45, 7) is 1.11. The van der Waals surface area contributed by atoms with Crippen LogP contribution < -0.4 is 5.32 Å². The van der Waals surface area contributed by atoms with Crippen molar-refractivity contribution in [1.29, 1.82) is 0 Å². The first kappa shape index (κ1) is 21.2. The van der Waals surface area contributed by atoms with Gasteiger partial charge in [0.05, 0.1) is 16.7 Å². The molecule has 146 valence electrons. The maximum atomic E-state index is 13.6. The molecule has 0 aromatic heterocycles. The number of nitro benzene ring substituents is 1. The topological polar surface area (TPSA) is 92.5 Å². The monoisotopic (exact) mass is 415 g/mol. The Kier molecular flexibility index (Phi) is 6.88. The number of piperazine rings is 1. The van der Waals surface area contributed by atoms with Crippen LogP contribution in [0.25, 0.3) is 0 Å². The molecule has 0 radical (unpaired) electrons. The second kappa shape index (κ2) is 8.75. The summed E-state index contributed by atoms with van der Waals surface area (Å²) in [5.74, 6) is -0.773. The third kappa shape index (κ3) is 5.01. The number of sulfonamides is 1. The summed E-state index contributed by atoms with van der Waals surface area (Å²) in [4.78, 5) is 10.3. The molecule has 2 aromatic carbocycles. The summed E-state index contributed by atoms with van der Waals surface area (Å²) in [5.41, 5.74) is 0.759. The van der Waals surface area contributed by atoms with E-state index < -0.39 is 26.8 Å². The lowest BCUT2D eigenvalue weighted by Gasteiger charge is -2.35. The van der Waals surface area contributed by atoms with Gasteiger partial charge in [-0.15, -0.1) is 12.4 Å². The van der Waals surface area contributed by atoms with E-state index >= 15 is 0 Å². The molecule has 0 saturated carbocycles. The molecule has 0 amide bonds. The van der Waals surface area contributed by atoms with Crippen molar-refractivity contribution in [3.8, 4) is 0 Å². The molecule has 0 spiro atoms. The highest BCUT2D eigenvalue weighted by Crippen LogP contribution is 2.28. The Labute approximate surface area is 162 Å². The van der Waals surface area contributed by atoms with Crippen molar-refractivity contribution in [3.63, 3.8) is 0 Å². The zero-order chi connectivity index (χ0) is 18.7. The van der Waals surface area contributed by atoms with E-state index in [1.165, 1.54) is 34.6 Å². The third-order valence-corrected chi connectivity index (χ3v) is 6.11. The first-order valence-electron chi connectivity index (χ1n) is 8.06. The van der Waals surface area contributed by atoms with Gasteiger partial charge in [-0.05, 0) is 23.3 Å². The van der Waals surface area contributed by atoms with E-state index in [9.17, 15) is 22.9 Å². The number of halogens is 2. The second-order valence-corrected chi connectivity index (χ2v) is 7.99. The minimum Gasteiger partial charge on any atom is -0.313 e.